The normalized spacial score (nSPS) is 14.1. The summed E-state index contributed by atoms with van der Waals surface area (Å²) in [4.78, 5) is 11.7. The lowest BCUT2D eigenvalue weighted by Crippen LogP contribution is -2.45. The van der Waals surface area contributed by atoms with Crippen molar-refractivity contribution in [2.75, 3.05) is 18.9 Å². The van der Waals surface area contributed by atoms with Crippen LogP contribution in [-0.2, 0) is 0 Å². The lowest BCUT2D eigenvalue weighted by Gasteiger charge is -2.25. The Kier molecular flexibility index (Phi) is 7.82. The molecule has 0 aromatic carbocycles. The van der Waals surface area contributed by atoms with Crippen LogP contribution in [0.5, 0.6) is 0 Å². The van der Waals surface area contributed by atoms with Crippen molar-refractivity contribution in [3.05, 3.63) is 0 Å². The molecule has 0 radical (unpaired) electrons. The molecule has 114 valence electrons. The fourth-order valence-corrected chi connectivity index (χ4v) is 2.48. The molecule has 0 fully saturated rings. The highest BCUT2D eigenvalue weighted by molar-refractivity contribution is 8.00. The van der Waals surface area contributed by atoms with E-state index in [0.29, 0.717) is 6.54 Å². The molecule has 0 aromatic rings. The number of carbonyl (C=O) groups is 1. The van der Waals surface area contributed by atoms with Crippen molar-refractivity contribution in [1.82, 2.24) is 10.6 Å². The van der Waals surface area contributed by atoms with E-state index in [9.17, 15) is 9.90 Å². The van der Waals surface area contributed by atoms with Gasteiger partial charge in [0.15, 0.2) is 0 Å². The van der Waals surface area contributed by atoms with Gasteiger partial charge in [0.1, 0.15) is 0 Å². The van der Waals surface area contributed by atoms with Crippen molar-refractivity contribution in [1.29, 1.82) is 0 Å². The summed E-state index contributed by atoms with van der Waals surface area (Å²) in [6.45, 7) is 13.4. The number of rotatable bonds is 6. The molecular formula is C14H30N2O2S. The van der Waals surface area contributed by atoms with Crippen LogP contribution >= 0.6 is 11.8 Å². The summed E-state index contributed by atoms with van der Waals surface area (Å²) in [7, 11) is 0. The second-order valence-corrected chi connectivity index (χ2v) is 8.93. The Bertz CT molecular complexity index is 270. The van der Waals surface area contributed by atoms with Gasteiger partial charge in [0.05, 0.1) is 12.6 Å². The quantitative estimate of drug-likeness (QED) is 0.659. The fraction of sp³-hybridized carbons (Fsp3) is 0.929. The van der Waals surface area contributed by atoms with Crippen LogP contribution in [0.1, 0.15) is 48.0 Å². The highest BCUT2D eigenvalue weighted by Crippen LogP contribution is 2.22. The zero-order valence-electron chi connectivity index (χ0n) is 13.2. The Labute approximate surface area is 122 Å². The first-order valence-corrected chi connectivity index (χ1v) is 7.81. The second-order valence-electron chi connectivity index (χ2n) is 7.01. The maximum Gasteiger partial charge on any atom is 0.315 e. The molecule has 5 heteroatoms. The molecule has 0 bridgehead atoms. The summed E-state index contributed by atoms with van der Waals surface area (Å²) in [5.41, 5.74) is 0.0861. The average molecular weight is 290 g/mol. The largest absolute Gasteiger partial charge is 0.394 e. The Balaban J connectivity index is 3.89. The van der Waals surface area contributed by atoms with Gasteiger partial charge in [0.2, 0.25) is 0 Å². The summed E-state index contributed by atoms with van der Waals surface area (Å²) >= 11 is 1.82. The van der Waals surface area contributed by atoms with Gasteiger partial charge in [0, 0.05) is 17.0 Å². The van der Waals surface area contributed by atoms with E-state index in [2.05, 4.69) is 52.2 Å². The Morgan fingerprint density at radius 1 is 1.21 bits per heavy atom. The lowest BCUT2D eigenvalue weighted by atomic mass is 9.88. The van der Waals surface area contributed by atoms with E-state index < -0.39 is 0 Å². The number of hydrogen-bond acceptors (Lipinski definition) is 3. The third kappa shape index (κ3) is 12.4. The first-order chi connectivity index (χ1) is 8.53. The topological polar surface area (TPSA) is 61.4 Å². The van der Waals surface area contributed by atoms with Gasteiger partial charge in [-0.3, -0.25) is 0 Å². The smallest absolute Gasteiger partial charge is 0.315 e. The van der Waals surface area contributed by atoms with Gasteiger partial charge >= 0.3 is 6.03 Å². The van der Waals surface area contributed by atoms with Crippen molar-refractivity contribution < 1.29 is 9.90 Å². The average Bonchev–Trinajstić information content (AvgIpc) is 2.20. The number of amides is 2. The van der Waals surface area contributed by atoms with Gasteiger partial charge in [-0.05, 0) is 11.8 Å². The number of urea groups is 1. The summed E-state index contributed by atoms with van der Waals surface area (Å²) in [5, 5.41) is 14.9. The summed E-state index contributed by atoms with van der Waals surface area (Å²) in [6.07, 6.45) is 0.758. The Morgan fingerprint density at radius 3 is 2.21 bits per heavy atom. The standard InChI is InChI=1S/C14H30N2O2S/c1-13(2,3)9-11(10-17)16-12(18)15-7-8-19-14(4,5)6/h11,17H,7-10H2,1-6H3,(H2,15,16,18). The minimum Gasteiger partial charge on any atom is -0.394 e. The predicted molar refractivity (Wildman–Crippen MR) is 83.7 cm³/mol. The van der Waals surface area contributed by atoms with E-state index in [1.165, 1.54) is 0 Å². The minimum atomic E-state index is -0.196. The summed E-state index contributed by atoms with van der Waals surface area (Å²) in [6, 6.07) is -0.381. The maximum atomic E-state index is 11.7. The number of thioether (sulfide) groups is 1. The molecule has 0 rings (SSSR count). The van der Waals surface area contributed by atoms with Gasteiger partial charge in [-0.1, -0.05) is 41.5 Å². The Hall–Kier alpha value is -0.420. The predicted octanol–water partition coefficient (Wildman–Crippen LogP) is 2.61. The highest BCUT2D eigenvalue weighted by atomic mass is 32.2. The van der Waals surface area contributed by atoms with E-state index in [4.69, 9.17) is 0 Å². The van der Waals surface area contributed by atoms with Gasteiger partial charge < -0.3 is 15.7 Å². The first kappa shape index (κ1) is 18.6. The molecular weight excluding hydrogens is 260 g/mol. The van der Waals surface area contributed by atoms with Crippen LogP contribution in [0, 0.1) is 5.41 Å². The number of hydrogen-bond donors (Lipinski definition) is 3. The van der Waals surface area contributed by atoms with E-state index in [0.717, 1.165) is 12.2 Å². The molecule has 0 saturated carbocycles. The van der Waals surface area contributed by atoms with Crippen LogP contribution in [0.15, 0.2) is 0 Å². The monoisotopic (exact) mass is 290 g/mol. The zero-order valence-corrected chi connectivity index (χ0v) is 14.0. The zero-order chi connectivity index (χ0) is 15.1. The van der Waals surface area contributed by atoms with Crippen molar-refractivity contribution in [3.8, 4) is 0 Å². The van der Waals surface area contributed by atoms with Gasteiger partial charge in [-0.15, -0.1) is 0 Å². The van der Waals surface area contributed by atoms with E-state index in [1.807, 2.05) is 11.8 Å². The van der Waals surface area contributed by atoms with E-state index in [1.54, 1.807) is 0 Å². The van der Waals surface area contributed by atoms with Crippen LogP contribution < -0.4 is 10.6 Å². The molecule has 4 nitrogen and oxygen atoms in total. The van der Waals surface area contributed by atoms with Crippen molar-refractivity contribution >= 4 is 17.8 Å². The number of carbonyl (C=O) groups excluding carboxylic acids is 1. The lowest BCUT2D eigenvalue weighted by molar-refractivity contribution is 0.191. The van der Waals surface area contributed by atoms with Crippen LogP contribution in [0.25, 0.3) is 0 Å². The molecule has 2 amide bonds. The van der Waals surface area contributed by atoms with Crippen molar-refractivity contribution in [3.63, 3.8) is 0 Å². The van der Waals surface area contributed by atoms with E-state index >= 15 is 0 Å². The maximum absolute atomic E-state index is 11.7. The molecule has 0 aliphatic rings. The third-order valence-electron chi connectivity index (χ3n) is 2.34. The molecule has 1 unspecified atom stereocenters. The molecule has 0 heterocycles. The molecule has 0 aliphatic heterocycles. The molecule has 0 aliphatic carbocycles. The molecule has 19 heavy (non-hydrogen) atoms. The summed E-state index contributed by atoms with van der Waals surface area (Å²) in [5.74, 6) is 0.889. The molecule has 0 spiro atoms. The van der Waals surface area contributed by atoms with E-state index in [-0.39, 0.29) is 28.8 Å². The fourth-order valence-electron chi connectivity index (χ4n) is 1.66. The van der Waals surface area contributed by atoms with Crippen LogP contribution in [0.2, 0.25) is 0 Å². The van der Waals surface area contributed by atoms with Crippen molar-refractivity contribution in [2.45, 2.75) is 58.8 Å². The number of aliphatic hydroxyl groups excluding tert-OH is 1. The van der Waals surface area contributed by atoms with Gasteiger partial charge in [0.25, 0.3) is 0 Å². The third-order valence-corrected chi connectivity index (χ3v) is 3.61. The Morgan fingerprint density at radius 2 is 1.79 bits per heavy atom. The van der Waals surface area contributed by atoms with Gasteiger partial charge in [-0.2, -0.15) is 11.8 Å². The van der Waals surface area contributed by atoms with Crippen LogP contribution in [-0.4, -0.2) is 40.8 Å². The SMILES string of the molecule is CC(C)(C)CC(CO)NC(=O)NCCSC(C)(C)C. The van der Waals surface area contributed by atoms with Crippen molar-refractivity contribution in [2.24, 2.45) is 5.41 Å². The molecule has 0 aromatic heterocycles. The summed E-state index contributed by atoms with van der Waals surface area (Å²) < 4.78 is 0.220. The molecule has 1 atom stereocenters. The van der Waals surface area contributed by atoms with Crippen LogP contribution in [0.4, 0.5) is 4.79 Å². The first-order valence-electron chi connectivity index (χ1n) is 6.83. The second kappa shape index (κ2) is 8.00. The number of aliphatic hydroxyl groups is 1. The van der Waals surface area contributed by atoms with Gasteiger partial charge in [-0.25, -0.2) is 4.79 Å². The number of nitrogens with one attached hydrogen (secondary N) is 2. The minimum absolute atomic E-state index is 0.0264. The van der Waals surface area contributed by atoms with Crippen LogP contribution in [0.3, 0.4) is 0 Å². The molecule has 3 N–H and O–H groups in total. The molecule has 0 saturated heterocycles. The highest BCUT2D eigenvalue weighted by Gasteiger charge is 2.19.